The summed E-state index contributed by atoms with van der Waals surface area (Å²) in [6.45, 7) is 7.42. The molecule has 0 aliphatic carbocycles. The van der Waals surface area contributed by atoms with E-state index in [1.54, 1.807) is 6.08 Å². The molecule has 28 heavy (non-hydrogen) atoms. The lowest BCUT2D eigenvalue weighted by Crippen LogP contribution is -2.38. The molecule has 0 N–H and O–H groups in total. The van der Waals surface area contributed by atoms with Gasteiger partial charge in [-0.05, 0) is 43.4 Å². The van der Waals surface area contributed by atoms with E-state index in [1.165, 1.54) is 42.5 Å². The highest BCUT2D eigenvalue weighted by Gasteiger charge is 2.40. The van der Waals surface area contributed by atoms with Gasteiger partial charge in [0.25, 0.3) is 0 Å². The number of hydrogen-bond donors (Lipinski definition) is 0. The van der Waals surface area contributed by atoms with Gasteiger partial charge in [0.2, 0.25) is 5.95 Å². The molecule has 2 aromatic rings. The fourth-order valence-corrected chi connectivity index (χ4v) is 4.94. The van der Waals surface area contributed by atoms with Crippen molar-refractivity contribution in [1.82, 2.24) is 14.9 Å². The second-order valence-corrected chi connectivity index (χ2v) is 8.13. The molecule has 146 valence electrons. The number of benzene rings is 1. The van der Waals surface area contributed by atoms with Gasteiger partial charge in [0, 0.05) is 49.9 Å². The lowest BCUT2D eigenvalue weighted by Gasteiger charge is -2.36. The quantitative estimate of drug-likeness (QED) is 0.715. The molecule has 5 heteroatoms. The third-order valence-corrected chi connectivity index (χ3v) is 6.36. The minimum Gasteiger partial charge on any atom is -0.490 e. The van der Waals surface area contributed by atoms with Gasteiger partial charge in [-0.1, -0.05) is 24.8 Å². The summed E-state index contributed by atoms with van der Waals surface area (Å²) in [7, 11) is 0. The van der Waals surface area contributed by atoms with Crippen LogP contribution in [0.1, 0.15) is 48.5 Å². The fourth-order valence-electron chi connectivity index (χ4n) is 4.94. The molecular formula is C23H28N4O. The maximum absolute atomic E-state index is 5.60. The average molecular weight is 377 g/mol. The van der Waals surface area contributed by atoms with Gasteiger partial charge < -0.3 is 9.64 Å². The van der Waals surface area contributed by atoms with E-state index >= 15 is 0 Å². The highest BCUT2D eigenvalue weighted by molar-refractivity contribution is 5.38. The summed E-state index contributed by atoms with van der Waals surface area (Å²) in [5.41, 5.74) is 3.97. The topological polar surface area (TPSA) is 41.5 Å². The van der Waals surface area contributed by atoms with Crippen LogP contribution in [0.25, 0.3) is 0 Å². The molecule has 0 saturated carbocycles. The summed E-state index contributed by atoms with van der Waals surface area (Å²) < 4.78 is 5.60. The van der Waals surface area contributed by atoms with Crippen molar-refractivity contribution in [3.05, 3.63) is 59.9 Å². The molecule has 5 rings (SSSR count). The third-order valence-electron chi connectivity index (χ3n) is 6.36. The van der Waals surface area contributed by atoms with E-state index in [4.69, 9.17) is 14.7 Å². The zero-order valence-electron chi connectivity index (χ0n) is 16.4. The lowest BCUT2D eigenvalue weighted by atomic mass is 9.98. The van der Waals surface area contributed by atoms with Crippen molar-refractivity contribution in [2.24, 2.45) is 0 Å². The maximum atomic E-state index is 5.60. The van der Waals surface area contributed by atoms with Gasteiger partial charge in [-0.25, -0.2) is 9.97 Å². The van der Waals surface area contributed by atoms with E-state index in [0.29, 0.717) is 18.7 Å². The van der Waals surface area contributed by atoms with Gasteiger partial charge in [-0.3, -0.25) is 4.90 Å². The van der Waals surface area contributed by atoms with Gasteiger partial charge in [0.1, 0.15) is 12.4 Å². The zero-order chi connectivity index (χ0) is 18.9. The molecule has 2 atom stereocenters. The molecule has 3 aliphatic rings. The highest BCUT2D eigenvalue weighted by Crippen LogP contribution is 2.44. The number of fused-ring (bicyclic) bond motifs is 4. The van der Waals surface area contributed by atoms with E-state index < -0.39 is 0 Å². The maximum Gasteiger partial charge on any atom is 0.225 e. The molecule has 2 unspecified atom stereocenters. The number of rotatable bonds is 6. The minimum absolute atomic E-state index is 0.457. The molecule has 0 amide bonds. The molecule has 2 saturated heterocycles. The van der Waals surface area contributed by atoms with Crippen LogP contribution in [0.5, 0.6) is 5.75 Å². The third kappa shape index (κ3) is 3.28. The fraction of sp³-hybridized carbons (Fsp3) is 0.478. The Morgan fingerprint density at radius 1 is 1.14 bits per heavy atom. The first kappa shape index (κ1) is 17.7. The molecule has 2 fully saturated rings. The van der Waals surface area contributed by atoms with Gasteiger partial charge in [0.15, 0.2) is 0 Å². The number of hydrogen-bond acceptors (Lipinski definition) is 5. The second-order valence-electron chi connectivity index (χ2n) is 8.13. The van der Waals surface area contributed by atoms with Crippen LogP contribution in [0.2, 0.25) is 0 Å². The average Bonchev–Trinajstić information content (AvgIpc) is 3.35. The molecular weight excluding hydrogens is 348 g/mol. The van der Waals surface area contributed by atoms with Crippen molar-refractivity contribution >= 4 is 5.95 Å². The van der Waals surface area contributed by atoms with E-state index in [9.17, 15) is 0 Å². The van der Waals surface area contributed by atoms with E-state index in [2.05, 4.69) is 46.8 Å². The molecule has 5 nitrogen and oxygen atoms in total. The Hall–Kier alpha value is -2.40. The number of nitrogens with zero attached hydrogens (tertiary/aromatic N) is 4. The monoisotopic (exact) mass is 376 g/mol. The molecule has 2 bridgehead atoms. The summed E-state index contributed by atoms with van der Waals surface area (Å²) >= 11 is 0. The van der Waals surface area contributed by atoms with Crippen molar-refractivity contribution in [3.63, 3.8) is 0 Å². The first-order valence-electron chi connectivity index (χ1n) is 10.5. The SMILES string of the molecule is C=CCOc1ccc(CN2C3CCC2c2cnc(N4CCCC4)nc2C3)cc1. The van der Waals surface area contributed by atoms with Crippen molar-refractivity contribution in [2.45, 2.75) is 50.7 Å². The normalized spacial score (nSPS) is 23.6. The molecule has 4 heterocycles. The van der Waals surface area contributed by atoms with Crippen LogP contribution in [-0.4, -0.2) is 40.6 Å². The zero-order valence-corrected chi connectivity index (χ0v) is 16.4. The predicted molar refractivity (Wildman–Crippen MR) is 111 cm³/mol. The second kappa shape index (κ2) is 7.55. The Labute approximate surface area is 167 Å². The summed E-state index contributed by atoms with van der Waals surface area (Å²) in [6.07, 6.45) is 9.92. The largest absolute Gasteiger partial charge is 0.490 e. The Bertz CT molecular complexity index is 844. The van der Waals surface area contributed by atoms with E-state index in [0.717, 1.165) is 37.8 Å². The number of ether oxygens (including phenoxy) is 1. The van der Waals surface area contributed by atoms with E-state index in [1.807, 2.05) is 0 Å². The Kier molecular flexibility index (Phi) is 4.77. The molecule has 1 aromatic carbocycles. The van der Waals surface area contributed by atoms with Gasteiger partial charge >= 0.3 is 0 Å². The van der Waals surface area contributed by atoms with Crippen LogP contribution >= 0.6 is 0 Å². The number of aromatic nitrogens is 2. The van der Waals surface area contributed by atoms with Crippen molar-refractivity contribution < 1.29 is 4.74 Å². The first-order valence-corrected chi connectivity index (χ1v) is 10.5. The molecule has 1 aromatic heterocycles. The first-order chi connectivity index (χ1) is 13.8. The summed E-state index contributed by atoms with van der Waals surface area (Å²) in [5.74, 6) is 1.85. The van der Waals surface area contributed by atoms with Crippen LogP contribution in [-0.2, 0) is 13.0 Å². The van der Waals surface area contributed by atoms with Gasteiger partial charge in [-0.15, -0.1) is 0 Å². The van der Waals surface area contributed by atoms with Crippen LogP contribution in [0.3, 0.4) is 0 Å². The summed E-state index contributed by atoms with van der Waals surface area (Å²) in [6, 6.07) is 9.53. The van der Waals surface area contributed by atoms with Crippen molar-refractivity contribution in [3.8, 4) is 5.75 Å². The van der Waals surface area contributed by atoms with E-state index in [-0.39, 0.29) is 0 Å². The molecule has 0 radical (unpaired) electrons. The van der Waals surface area contributed by atoms with Crippen LogP contribution < -0.4 is 9.64 Å². The smallest absolute Gasteiger partial charge is 0.225 e. The van der Waals surface area contributed by atoms with Crippen molar-refractivity contribution in [2.75, 3.05) is 24.6 Å². The Balaban J connectivity index is 1.32. The molecule has 0 spiro atoms. The summed E-state index contributed by atoms with van der Waals surface area (Å²) in [4.78, 5) is 14.7. The highest BCUT2D eigenvalue weighted by atomic mass is 16.5. The minimum atomic E-state index is 0.457. The molecule has 3 aliphatic heterocycles. The number of anilines is 1. The predicted octanol–water partition coefficient (Wildman–Crippen LogP) is 3.90. The van der Waals surface area contributed by atoms with Crippen LogP contribution in [0.15, 0.2) is 43.1 Å². The van der Waals surface area contributed by atoms with Crippen LogP contribution in [0, 0.1) is 0 Å². The standard InChI is InChI=1S/C23H28N4O/c1-2-13-28-19-8-5-17(6-9-19)16-27-18-7-10-22(27)20-15-24-23(25-21(20)14-18)26-11-3-4-12-26/h2,5-6,8-9,15,18,22H,1,3-4,7,10-14,16H2. The van der Waals surface area contributed by atoms with Crippen LogP contribution in [0.4, 0.5) is 5.95 Å². The Morgan fingerprint density at radius 2 is 1.96 bits per heavy atom. The Morgan fingerprint density at radius 3 is 2.75 bits per heavy atom. The summed E-state index contributed by atoms with van der Waals surface area (Å²) in [5, 5.41) is 0. The van der Waals surface area contributed by atoms with Crippen molar-refractivity contribution in [1.29, 1.82) is 0 Å². The van der Waals surface area contributed by atoms with Gasteiger partial charge in [-0.2, -0.15) is 0 Å². The lowest BCUT2D eigenvalue weighted by molar-refractivity contribution is 0.166. The van der Waals surface area contributed by atoms with Gasteiger partial charge in [0.05, 0.1) is 5.69 Å².